The molecule has 0 radical (unpaired) electrons. The summed E-state index contributed by atoms with van der Waals surface area (Å²) in [7, 11) is 0. The molecule has 1 rings (SSSR count). The maximum atomic E-state index is 9.19. The summed E-state index contributed by atoms with van der Waals surface area (Å²) >= 11 is 0. The monoisotopic (exact) mass is 245 g/mol. The number of anilines is 1. The van der Waals surface area contributed by atoms with Gasteiger partial charge in [-0.1, -0.05) is 26.2 Å². The Morgan fingerprint density at radius 2 is 2.11 bits per heavy atom. The largest absolute Gasteiger partial charge is 0.381 e. The number of nitrogens with one attached hydrogen (secondary N) is 1. The molecule has 0 fully saturated rings. The maximum Gasteiger partial charge on any atom is 0.103 e. The van der Waals surface area contributed by atoms with E-state index in [4.69, 9.17) is 0 Å². The first kappa shape index (κ1) is 14.5. The van der Waals surface area contributed by atoms with Crippen molar-refractivity contribution in [1.82, 2.24) is 4.98 Å². The molecule has 1 N–H and O–H groups in total. The molecule has 1 aromatic rings. The number of aryl methyl sites for hydroxylation is 2. The van der Waals surface area contributed by atoms with Crippen molar-refractivity contribution in [2.24, 2.45) is 0 Å². The van der Waals surface area contributed by atoms with Gasteiger partial charge in [-0.2, -0.15) is 5.26 Å². The average molecular weight is 245 g/mol. The van der Waals surface area contributed by atoms with E-state index < -0.39 is 0 Å². The van der Waals surface area contributed by atoms with Crippen LogP contribution in [-0.2, 0) is 0 Å². The second-order valence-corrected chi connectivity index (χ2v) is 4.92. The van der Waals surface area contributed by atoms with Crippen LogP contribution in [0.25, 0.3) is 0 Å². The first-order valence-corrected chi connectivity index (χ1v) is 6.73. The Morgan fingerprint density at radius 1 is 1.39 bits per heavy atom. The first-order valence-electron chi connectivity index (χ1n) is 6.73. The van der Waals surface area contributed by atoms with Crippen LogP contribution in [0.3, 0.4) is 0 Å². The van der Waals surface area contributed by atoms with Crippen LogP contribution in [0.15, 0.2) is 6.07 Å². The lowest BCUT2D eigenvalue weighted by Gasteiger charge is -2.17. The molecule has 1 atom stereocenters. The van der Waals surface area contributed by atoms with Crippen LogP contribution >= 0.6 is 0 Å². The number of unbranched alkanes of at least 4 members (excludes halogenated alkanes) is 2. The van der Waals surface area contributed by atoms with E-state index in [-0.39, 0.29) is 0 Å². The highest BCUT2D eigenvalue weighted by Gasteiger charge is 2.10. The van der Waals surface area contributed by atoms with Crippen molar-refractivity contribution in [3.8, 4) is 6.07 Å². The van der Waals surface area contributed by atoms with Crippen molar-refractivity contribution in [1.29, 1.82) is 5.26 Å². The van der Waals surface area contributed by atoms with Gasteiger partial charge in [-0.05, 0) is 33.3 Å². The Balaban J connectivity index is 2.74. The lowest BCUT2D eigenvalue weighted by Crippen LogP contribution is -2.16. The minimum absolute atomic E-state index is 0.393. The fourth-order valence-corrected chi connectivity index (χ4v) is 2.12. The number of rotatable bonds is 6. The molecule has 0 aliphatic rings. The maximum absolute atomic E-state index is 9.19. The molecule has 0 saturated heterocycles. The summed E-state index contributed by atoms with van der Waals surface area (Å²) in [5, 5.41) is 12.6. The van der Waals surface area contributed by atoms with E-state index in [0.717, 1.165) is 23.5 Å². The van der Waals surface area contributed by atoms with Crippen LogP contribution in [-0.4, -0.2) is 11.0 Å². The average Bonchev–Trinajstić information content (AvgIpc) is 2.28. The quantitative estimate of drug-likeness (QED) is 0.772. The SMILES string of the molecule is CCCCCC(C)Nc1cc(C)nc(C)c1C#N. The number of pyridine rings is 1. The molecule has 1 aromatic heterocycles. The van der Waals surface area contributed by atoms with Crippen molar-refractivity contribution in [3.05, 3.63) is 23.0 Å². The zero-order valence-corrected chi connectivity index (χ0v) is 11.9. The summed E-state index contributed by atoms with van der Waals surface area (Å²) in [6.07, 6.45) is 4.88. The van der Waals surface area contributed by atoms with Gasteiger partial charge in [0.2, 0.25) is 0 Å². The van der Waals surface area contributed by atoms with E-state index in [2.05, 4.69) is 30.2 Å². The van der Waals surface area contributed by atoms with Crippen molar-refractivity contribution in [3.63, 3.8) is 0 Å². The van der Waals surface area contributed by atoms with Crippen LogP contribution in [0.1, 0.15) is 56.5 Å². The van der Waals surface area contributed by atoms with Crippen LogP contribution in [0, 0.1) is 25.2 Å². The third-order valence-corrected chi connectivity index (χ3v) is 3.08. The number of nitriles is 1. The second-order valence-electron chi connectivity index (χ2n) is 4.92. The minimum Gasteiger partial charge on any atom is -0.381 e. The van der Waals surface area contributed by atoms with Crippen LogP contribution in [0.5, 0.6) is 0 Å². The molecule has 3 nitrogen and oxygen atoms in total. The fraction of sp³-hybridized carbons (Fsp3) is 0.600. The van der Waals surface area contributed by atoms with Gasteiger partial charge in [-0.3, -0.25) is 4.98 Å². The number of hydrogen-bond acceptors (Lipinski definition) is 3. The van der Waals surface area contributed by atoms with Gasteiger partial charge in [0, 0.05) is 11.7 Å². The predicted octanol–water partition coefficient (Wildman–Crippen LogP) is 3.95. The Hall–Kier alpha value is -1.56. The normalized spacial score (nSPS) is 11.9. The zero-order chi connectivity index (χ0) is 13.5. The highest BCUT2D eigenvalue weighted by Crippen LogP contribution is 2.20. The van der Waals surface area contributed by atoms with E-state index in [0.29, 0.717) is 11.6 Å². The Bertz CT molecular complexity index is 432. The van der Waals surface area contributed by atoms with Crippen molar-refractivity contribution >= 4 is 5.69 Å². The Morgan fingerprint density at radius 3 is 2.72 bits per heavy atom. The molecule has 0 aromatic carbocycles. The molecule has 1 unspecified atom stereocenters. The molecule has 0 amide bonds. The third-order valence-electron chi connectivity index (χ3n) is 3.08. The van der Waals surface area contributed by atoms with E-state index in [1.54, 1.807) is 0 Å². The van der Waals surface area contributed by atoms with Crippen LogP contribution in [0.4, 0.5) is 5.69 Å². The summed E-state index contributed by atoms with van der Waals surface area (Å²) in [5.74, 6) is 0. The Kier molecular flexibility index (Phi) is 5.64. The van der Waals surface area contributed by atoms with Gasteiger partial charge in [-0.25, -0.2) is 0 Å². The highest BCUT2D eigenvalue weighted by atomic mass is 14.9. The van der Waals surface area contributed by atoms with Crippen LogP contribution in [0.2, 0.25) is 0 Å². The third kappa shape index (κ3) is 4.03. The molecule has 0 aliphatic carbocycles. The van der Waals surface area contributed by atoms with Gasteiger partial charge in [0.15, 0.2) is 0 Å². The summed E-state index contributed by atoms with van der Waals surface area (Å²) in [5.41, 5.74) is 3.35. The lowest BCUT2D eigenvalue weighted by molar-refractivity contribution is 0.615. The molecule has 18 heavy (non-hydrogen) atoms. The summed E-state index contributed by atoms with van der Waals surface area (Å²) < 4.78 is 0. The van der Waals surface area contributed by atoms with Crippen LogP contribution < -0.4 is 5.32 Å². The van der Waals surface area contributed by atoms with Gasteiger partial charge in [-0.15, -0.1) is 0 Å². The van der Waals surface area contributed by atoms with Gasteiger partial charge in [0.1, 0.15) is 6.07 Å². The number of aromatic nitrogens is 1. The van der Waals surface area contributed by atoms with E-state index in [9.17, 15) is 5.26 Å². The summed E-state index contributed by atoms with van der Waals surface area (Å²) in [6, 6.07) is 4.59. The smallest absolute Gasteiger partial charge is 0.103 e. The molecule has 0 bridgehead atoms. The molecule has 0 saturated carbocycles. The number of nitrogens with zero attached hydrogens (tertiary/aromatic N) is 2. The molecule has 1 heterocycles. The summed E-state index contributed by atoms with van der Waals surface area (Å²) in [6.45, 7) is 8.23. The number of hydrogen-bond donors (Lipinski definition) is 1. The lowest BCUT2D eigenvalue weighted by atomic mass is 10.1. The van der Waals surface area contributed by atoms with Crippen molar-refractivity contribution in [2.45, 2.75) is 59.4 Å². The predicted molar refractivity (Wildman–Crippen MR) is 75.7 cm³/mol. The first-order chi connectivity index (χ1) is 8.58. The van der Waals surface area contributed by atoms with Crippen molar-refractivity contribution < 1.29 is 0 Å². The molecule has 3 heteroatoms. The van der Waals surface area contributed by atoms with Crippen molar-refractivity contribution in [2.75, 3.05) is 5.32 Å². The van der Waals surface area contributed by atoms with Gasteiger partial charge in [0.05, 0.1) is 16.9 Å². The standard InChI is InChI=1S/C15H23N3/c1-5-6-7-8-11(2)18-15-9-12(3)17-13(4)14(15)10-16/h9,11H,5-8H2,1-4H3,(H,17,18). The molecular formula is C15H23N3. The Labute approximate surface area is 110 Å². The van der Waals surface area contributed by atoms with E-state index in [1.165, 1.54) is 19.3 Å². The van der Waals surface area contributed by atoms with Gasteiger partial charge < -0.3 is 5.32 Å². The van der Waals surface area contributed by atoms with Gasteiger partial charge >= 0.3 is 0 Å². The molecule has 0 aliphatic heterocycles. The second kappa shape index (κ2) is 7.00. The fourth-order valence-electron chi connectivity index (χ4n) is 2.12. The van der Waals surface area contributed by atoms with E-state index >= 15 is 0 Å². The zero-order valence-electron chi connectivity index (χ0n) is 11.9. The topological polar surface area (TPSA) is 48.7 Å². The highest BCUT2D eigenvalue weighted by molar-refractivity contribution is 5.60. The molecular weight excluding hydrogens is 222 g/mol. The van der Waals surface area contributed by atoms with Gasteiger partial charge in [0.25, 0.3) is 0 Å². The molecule has 0 spiro atoms. The minimum atomic E-state index is 0.393. The molecule has 98 valence electrons. The summed E-state index contributed by atoms with van der Waals surface area (Å²) in [4.78, 5) is 4.33. The van der Waals surface area contributed by atoms with E-state index in [1.807, 2.05) is 19.9 Å².